The molecular weight excluding hydrogens is 252 g/mol. The van der Waals surface area contributed by atoms with Crippen LogP contribution in [0.15, 0.2) is 24.3 Å². The van der Waals surface area contributed by atoms with Gasteiger partial charge in [0.05, 0.1) is 16.3 Å². The van der Waals surface area contributed by atoms with Crippen molar-refractivity contribution in [3.8, 4) is 0 Å². The van der Waals surface area contributed by atoms with Crippen LogP contribution in [0.2, 0.25) is 0 Å². The Morgan fingerprint density at radius 3 is 2.95 bits per heavy atom. The molecule has 19 heavy (non-hydrogen) atoms. The normalized spacial score (nSPS) is 25.6. The maximum atomic E-state index is 4.75. The van der Waals surface area contributed by atoms with Crippen LogP contribution in [0.3, 0.4) is 0 Å². The van der Waals surface area contributed by atoms with Crippen LogP contribution in [-0.4, -0.2) is 11.0 Å². The third-order valence-electron chi connectivity index (χ3n) is 4.10. The van der Waals surface area contributed by atoms with Crippen LogP contribution in [0.1, 0.15) is 50.6 Å². The van der Waals surface area contributed by atoms with Gasteiger partial charge in [-0.1, -0.05) is 31.9 Å². The largest absolute Gasteiger partial charge is 0.305 e. The summed E-state index contributed by atoms with van der Waals surface area (Å²) in [5.41, 5.74) is 1.13. The maximum absolute atomic E-state index is 4.75. The monoisotopic (exact) mass is 274 g/mol. The van der Waals surface area contributed by atoms with Crippen molar-refractivity contribution < 1.29 is 0 Å². The van der Waals surface area contributed by atoms with Crippen molar-refractivity contribution in [1.82, 2.24) is 10.3 Å². The number of nitrogens with zero attached hydrogens (tertiary/aromatic N) is 1. The lowest BCUT2D eigenvalue weighted by molar-refractivity contribution is 0.285. The number of hydrogen-bond donors (Lipinski definition) is 1. The summed E-state index contributed by atoms with van der Waals surface area (Å²) in [5.74, 6) is 0.869. The Morgan fingerprint density at radius 2 is 2.16 bits per heavy atom. The van der Waals surface area contributed by atoms with Crippen LogP contribution in [0, 0.1) is 5.92 Å². The summed E-state index contributed by atoms with van der Waals surface area (Å²) in [6.07, 6.45) is 5.40. The zero-order valence-electron chi connectivity index (χ0n) is 11.7. The molecule has 3 heteroatoms. The van der Waals surface area contributed by atoms with Crippen LogP contribution >= 0.6 is 11.3 Å². The minimum absolute atomic E-state index is 0.368. The molecule has 1 saturated carbocycles. The standard InChI is InChI=1S/C16H22N2S/c1-11-6-5-7-13(10-11)17-12(2)16-18-14-8-3-4-9-15(14)19-16/h3-4,8-9,11-13,17H,5-7,10H2,1-2H3. The molecule has 3 unspecified atom stereocenters. The lowest BCUT2D eigenvalue weighted by Crippen LogP contribution is -2.35. The molecule has 3 atom stereocenters. The first-order valence-electron chi connectivity index (χ1n) is 7.34. The molecule has 102 valence electrons. The molecule has 1 aromatic heterocycles. The van der Waals surface area contributed by atoms with Gasteiger partial charge in [-0.25, -0.2) is 4.98 Å². The summed E-state index contributed by atoms with van der Waals surface area (Å²) >= 11 is 1.82. The van der Waals surface area contributed by atoms with E-state index < -0.39 is 0 Å². The number of aromatic nitrogens is 1. The van der Waals surface area contributed by atoms with Gasteiger partial charge in [0, 0.05) is 6.04 Å². The van der Waals surface area contributed by atoms with Gasteiger partial charge in [-0.2, -0.15) is 0 Å². The quantitative estimate of drug-likeness (QED) is 0.889. The average molecular weight is 274 g/mol. The Morgan fingerprint density at radius 1 is 1.32 bits per heavy atom. The van der Waals surface area contributed by atoms with Crippen LogP contribution in [0.25, 0.3) is 10.2 Å². The Labute approximate surface area is 119 Å². The molecule has 0 aliphatic heterocycles. The summed E-state index contributed by atoms with van der Waals surface area (Å²) in [5, 5.41) is 5.00. The number of benzene rings is 1. The Bertz CT molecular complexity index is 515. The van der Waals surface area contributed by atoms with E-state index in [-0.39, 0.29) is 0 Å². The van der Waals surface area contributed by atoms with Crippen molar-refractivity contribution >= 4 is 21.6 Å². The van der Waals surface area contributed by atoms with Gasteiger partial charge < -0.3 is 5.32 Å². The van der Waals surface area contributed by atoms with Crippen molar-refractivity contribution in [3.63, 3.8) is 0 Å². The summed E-state index contributed by atoms with van der Waals surface area (Å²) in [6, 6.07) is 9.45. The second-order valence-corrected chi connectivity index (χ2v) is 6.94. The molecule has 0 saturated heterocycles. The molecule has 1 fully saturated rings. The number of fused-ring (bicyclic) bond motifs is 1. The molecular formula is C16H22N2S. The number of thiazole rings is 1. The van der Waals surface area contributed by atoms with E-state index in [0.29, 0.717) is 12.1 Å². The molecule has 1 aromatic carbocycles. The van der Waals surface area contributed by atoms with Crippen molar-refractivity contribution in [2.24, 2.45) is 5.92 Å². The van der Waals surface area contributed by atoms with E-state index in [9.17, 15) is 0 Å². The molecule has 2 aromatic rings. The highest BCUT2D eigenvalue weighted by Crippen LogP contribution is 2.29. The van der Waals surface area contributed by atoms with Crippen LogP contribution < -0.4 is 5.32 Å². The van der Waals surface area contributed by atoms with Gasteiger partial charge in [0.2, 0.25) is 0 Å². The van der Waals surface area contributed by atoms with E-state index in [1.807, 2.05) is 11.3 Å². The second kappa shape index (κ2) is 5.59. The summed E-state index contributed by atoms with van der Waals surface area (Å²) in [4.78, 5) is 4.75. The van der Waals surface area contributed by atoms with E-state index in [1.54, 1.807) is 0 Å². The molecule has 1 N–H and O–H groups in total. The molecule has 1 heterocycles. The van der Waals surface area contributed by atoms with Gasteiger partial charge in [0.1, 0.15) is 5.01 Å². The van der Waals surface area contributed by atoms with Gasteiger partial charge in [-0.05, 0) is 37.8 Å². The highest BCUT2D eigenvalue weighted by molar-refractivity contribution is 7.18. The lowest BCUT2D eigenvalue weighted by Gasteiger charge is -2.29. The minimum atomic E-state index is 0.368. The molecule has 2 nitrogen and oxygen atoms in total. The summed E-state index contributed by atoms with van der Waals surface area (Å²) < 4.78 is 1.29. The third kappa shape index (κ3) is 2.98. The molecule has 1 aliphatic carbocycles. The summed E-state index contributed by atoms with van der Waals surface area (Å²) in [7, 11) is 0. The van der Waals surface area contributed by atoms with E-state index >= 15 is 0 Å². The fourth-order valence-corrected chi connectivity index (χ4v) is 4.06. The third-order valence-corrected chi connectivity index (χ3v) is 5.32. The molecule has 0 amide bonds. The predicted octanol–water partition coefficient (Wildman–Crippen LogP) is 4.53. The first-order chi connectivity index (χ1) is 9.22. The molecule has 3 rings (SSSR count). The predicted molar refractivity (Wildman–Crippen MR) is 82.6 cm³/mol. The first-order valence-corrected chi connectivity index (χ1v) is 8.15. The number of nitrogens with one attached hydrogen (secondary N) is 1. The van der Waals surface area contributed by atoms with E-state index in [2.05, 4.69) is 43.4 Å². The Kier molecular flexibility index (Phi) is 3.85. The van der Waals surface area contributed by atoms with Crippen molar-refractivity contribution in [1.29, 1.82) is 0 Å². The van der Waals surface area contributed by atoms with E-state index in [4.69, 9.17) is 4.98 Å². The Balaban J connectivity index is 1.70. The summed E-state index contributed by atoms with van der Waals surface area (Å²) in [6.45, 7) is 4.62. The molecule has 0 radical (unpaired) electrons. The molecule has 0 spiro atoms. The smallest absolute Gasteiger partial charge is 0.111 e. The number of para-hydroxylation sites is 1. The molecule has 0 bridgehead atoms. The van der Waals surface area contributed by atoms with Gasteiger partial charge in [-0.3, -0.25) is 0 Å². The van der Waals surface area contributed by atoms with Crippen LogP contribution in [0.4, 0.5) is 0 Å². The topological polar surface area (TPSA) is 24.9 Å². The van der Waals surface area contributed by atoms with Crippen LogP contribution in [-0.2, 0) is 0 Å². The lowest BCUT2D eigenvalue weighted by atomic mass is 9.87. The fourth-order valence-electron chi connectivity index (χ4n) is 3.09. The zero-order chi connectivity index (χ0) is 13.2. The first kappa shape index (κ1) is 13.1. The maximum Gasteiger partial charge on any atom is 0.111 e. The van der Waals surface area contributed by atoms with Gasteiger partial charge in [0.15, 0.2) is 0 Å². The van der Waals surface area contributed by atoms with Crippen molar-refractivity contribution in [2.45, 2.75) is 51.6 Å². The Hall–Kier alpha value is -0.930. The average Bonchev–Trinajstić information content (AvgIpc) is 2.82. The number of hydrogen-bond acceptors (Lipinski definition) is 3. The van der Waals surface area contributed by atoms with Crippen LogP contribution in [0.5, 0.6) is 0 Å². The minimum Gasteiger partial charge on any atom is -0.305 e. The fraction of sp³-hybridized carbons (Fsp3) is 0.562. The zero-order valence-corrected chi connectivity index (χ0v) is 12.5. The molecule has 1 aliphatic rings. The highest BCUT2D eigenvalue weighted by Gasteiger charge is 2.21. The van der Waals surface area contributed by atoms with Gasteiger partial charge in [-0.15, -0.1) is 11.3 Å². The van der Waals surface area contributed by atoms with Gasteiger partial charge >= 0.3 is 0 Å². The van der Waals surface area contributed by atoms with Crippen molar-refractivity contribution in [2.75, 3.05) is 0 Å². The second-order valence-electron chi connectivity index (χ2n) is 5.88. The highest BCUT2D eigenvalue weighted by atomic mass is 32.1. The van der Waals surface area contributed by atoms with Gasteiger partial charge in [0.25, 0.3) is 0 Å². The number of rotatable bonds is 3. The van der Waals surface area contributed by atoms with E-state index in [0.717, 1.165) is 11.4 Å². The van der Waals surface area contributed by atoms with E-state index in [1.165, 1.54) is 35.4 Å². The SMILES string of the molecule is CC1CCCC(NC(C)c2nc3ccccc3s2)C1. The van der Waals surface area contributed by atoms with Crippen molar-refractivity contribution in [3.05, 3.63) is 29.3 Å².